The minimum Gasteiger partial charge on any atom is -0.487 e. The first kappa shape index (κ1) is 27.7. The van der Waals surface area contributed by atoms with Gasteiger partial charge in [-0.15, -0.1) is 0 Å². The van der Waals surface area contributed by atoms with Gasteiger partial charge in [0, 0.05) is 6.54 Å². The Kier molecular flexibility index (Phi) is 9.03. The van der Waals surface area contributed by atoms with E-state index in [1.54, 1.807) is 35.2 Å². The molecule has 1 fully saturated rings. The van der Waals surface area contributed by atoms with Gasteiger partial charge in [-0.1, -0.05) is 35.3 Å². The molecular weight excluding hydrogens is 667 g/mol. The molecule has 11 heteroatoms. The van der Waals surface area contributed by atoms with E-state index >= 15 is 0 Å². The Morgan fingerprint density at radius 3 is 2.49 bits per heavy atom. The summed E-state index contributed by atoms with van der Waals surface area (Å²) in [5.74, 6) is -0.604. The molecule has 37 heavy (non-hydrogen) atoms. The van der Waals surface area contributed by atoms with Gasteiger partial charge in [0.25, 0.3) is 5.91 Å². The van der Waals surface area contributed by atoms with Crippen molar-refractivity contribution in [2.24, 2.45) is 4.99 Å². The van der Waals surface area contributed by atoms with Crippen LogP contribution in [0.25, 0.3) is 6.08 Å². The fourth-order valence-electron chi connectivity index (χ4n) is 3.43. The number of nitrogens with zero attached hydrogens (tertiary/aromatic N) is 2. The van der Waals surface area contributed by atoms with Crippen LogP contribution in [0.4, 0.5) is 5.69 Å². The van der Waals surface area contributed by atoms with Crippen LogP contribution in [-0.2, 0) is 11.4 Å². The van der Waals surface area contributed by atoms with Crippen molar-refractivity contribution >= 4 is 95.6 Å². The Balaban J connectivity index is 1.56. The minimum atomic E-state index is -1.04. The summed E-state index contributed by atoms with van der Waals surface area (Å²) in [5.41, 5.74) is 2.24. The van der Waals surface area contributed by atoms with Gasteiger partial charge >= 0.3 is 5.97 Å². The molecule has 0 unspecified atom stereocenters. The lowest BCUT2D eigenvalue weighted by atomic mass is 10.2. The Morgan fingerprint density at radius 2 is 1.84 bits per heavy atom. The van der Waals surface area contributed by atoms with Crippen molar-refractivity contribution in [3.8, 4) is 5.75 Å². The van der Waals surface area contributed by atoms with E-state index in [0.29, 0.717) is 47.0 Å². The van der Waals surface area contributed by atoms with E-state index in [9.17, 15) is 14.7 Å². The average molecular weight is 685 g/mol. The van der Waals surface area contributed by atoms with E-state index in [0.717, 1.165) is 11.1 Å². The Morgan fingerprint density at radius 1 is 1.11 bits per heavy atom. The van der Waals surface area contributed by atoms with Crippen molar-refractivity contribution in [3.05, 3.63) is 95.2 Å². The summed E-state index contributed by atoms with van der Waals surface area (Å²) in [4.78, 5) is 30.9. The number of halogens is 4. The van der Waals surface area contributed by atoms with E-state index < -0.39 is 5.97 Å². The second kappa shape index (κ2) is 12.0. The first-order valence-corrected chi connectivity index (χ1v) is 14.0. The average Bonchev–Trinajstić information content (AvgIpc) is 3.14. The van der Waals surface area contributed by atoms with Gasteiger partial charge in [-0.2, -0.15) is 0 Å². The second-order valence-corrected chi connectivity index (χ2v) is 11.3. The molecule has 0 spiro atoms. The van der Waals surface area contributed by atoms with Gasteiger partial charge in [-0.05, 0) is 110 Å². The summed E-state index contributed by atoms with van der Waals surface area (Å²) in [6.45, 7) is 2.57. The molecule has 0 aliphatic carbocycles. The number of carboxylic acids is 1. The standard InChI is InChI=1S/C26H18Br2Cl2N2O4S/c1-2-32-24(33)22(37-26(32)31-17-5-3-4-16(12-17)25(34)35)11-15-8-18(27)23(19(28)9-15)36-13-14-6-7-20(29)21(30)10-14/h3-12H,2,13H2,1H3,(H,34,35). The zero-order valence-corrected chi connectivity index (χ0v) is 24.7. The SMILES string of the molecule is CCN1C(=O)C(=Cc2cc(Br)c(OCc3ccc(Cl)c(Cl)c3)c(Br)c2)SC1=Nc1cccc(C(=O)O)c1. The molecule has 3 aromatic rings. The van der Waals surface area contributed by atoms with Crippen LogP contribution in [0.15, 0.2) is 73.4 Å². The number of carboxylic acid groups (broad SMARTS) is 1. The number of rotatable bonds is 7. The monoisotopic (exact) mass is 682 g/mol. The maximum atomic E-state index is 13.1. The molecule has 6 nitrogen and oxygen atoms in total. The van der Waals surface area contributed by atoms with Crippen LogP contribution in [0.2, 0.25) is 10.0 Å². The molecule has 1 N–H and O–H groups in total. The number of amides is 1. The third-order valence-electron chi connectivity index (χ3n) is 5.21. The molecule has 0 radical (unpaired) electrons. The molecule has 190 valence electrons. The topological polar surface area (TPSA) is 79.2 Å². The molecule has 0 bridgehead atoms. The third kappa shape index (κ3) is 6.59. The summed E-state index contributed by atoms with van der Waals surface area (Å²) in [5, 5.41) is 10.7. The van der Waals surface area contributed by atoms with Gasteiger partial charge < -0.3 is 9.84 Å². The molecule has 1 aliphatic rings. The van der Waals surface area contributed by atoms with Crippen molar-refractivity contribution in [1.29, 1.82) is 0 Å². The molecule has 1 amide bonds. The number of aromatic carboxylic acids is 1. The highest BCUT2D eigenvalue weighted by atomic mass is 79.9. The number of carbonyl (C=O) groups excluding carboxylic acids is 1. The number of hydrogen-bond donors (Lipinski definition) is 1. The Labute approximate surface area is 244 Å². The van der Waals surface area contributed by atoms with Crippen molar-refractivity contribution in [3.63, 3.8) is 0 Å². The number of amidine groups is 1. The van der Waals surface area contributed by atoms with Crippen molar-refractivity contribution < 1.29 is 19.4 Å². The van der Waals surface area contributed by atoms with Crippen LogP contribution < -0.4 is 4.74 Å². The van der Waals surface area contributed by atoms with Crippen LogP contribution in [0.5, 0.6) is 5.75 Å². The highest BCUT2D eigenvalue weighted by molar-refractivity contribution is 9.11. The second-order valence-electron chi connectivity index (χ2n) is 7.76. The Hall–Kier alpha value is -2.30. The van der Waals surface area contributed by atoms with E-state index in [4.69, 9.17) is 27.9 Å². The summed E-state index contributed by atoms with van der Waals surface area (Å²) in [6.07, 6.45) is 1.78. The van der Waals surface area contributed by atoms with Crippen LogP contribution in [0.1, 0.15) is 28.4 Å². The number of benzene rings is 3. The lowest BCUT2D eigenvalue weighted by molar-refractivity contribution is -0.122. The largest absolute Gasteiger partial charge is 0.487 e. The molecule has 1 heterocycles. The van der Waals surface area contributed by atoms with Crippen molar-refractivity contribution in [1.82, 2.24) is 4.90 Å². The van der Waals surface area contributed by atoms with Crippen LogP contribution in [0.3, 0.4) is 0 Å². The molecule has 0 atom stereocenters. The number of carbonyl (C=O) groups is 2. The van der Waals surface area contributed by atoms with E-state index in [1.807, 2.05) is 25.1 Å². The van der Waals surface area contributed by atoms with Gasteiger partial charge in [0.05, 0.1) is 35.1 Å². The lowest BCUT2D eigenvalue weighted by Crippen LogP contribution is -2.28. The third-order valence-corrected chi connectivity index (χ3v) is 8.13. The van der Waals surface area contributed by atoms with E-state index in [2.05, 4.69) is 36.9 Å². The summed E-state index contributed by atoms with van der Waals surface area (Å²) >= 11 is 20.4. The number of ether oxygens (including phenoxy) is 1. The Bertz CT molecular complexity index is 1440. The minimum absolute atomic E-state index is 0.131. The zero-order chi connectivity index (χ0) is 26.7. The van der Waals surface area contributed by atoms with Gasteiger partial charge in [0.2, 0.25) is 0 Å². The lowest BCUT2D eigenvalue weighted by Gasteiger charge is -2.12. The van der Waals surface area contributed by atoms with Gasteiger partial charge in [0.1, 0.15) is 12.4 Å². The maximum absolute atomic E-state index is 13.1. The first-order chi connectivity index (χ1) is 17.7. The smallest absolute Gasteiger partial charge is 0.335 e. The molecule has 0 saturated carbocycles. The van der Waals surface area contributed by atoms with Gasteiger partial charge in [-0.3, -0.25) is 9.69 Å². The van der Waals surface area contributed by atoms with Crippen LogP contribution >= 0.6 is 66.8 Å². The molecule has 1 saturated heterocycles. The van der Waals surface area contributed by atoms with E-state index in [1.165, 1.54) is 23.9 Å². The van der Waals surface area contributed by atoms with Crippen LogP contribution in [-0.4, -0.2) is 33.6 Å². The van der Waals surface area contributed by atoms with Crippen molar-refractivity contribution in [2.75, 3.05) is 6.54 Å². The quantitative estimate of drug-likeness (QED) is 0.253. The van der Waals surface area contributed by atoms with E-state index in [-0.39, 0.29) is 18.1 Å². The molecule has 1 aliphatic heterocycles. The fraction of sp³-hybridized carbons (Fsp3) is 0.115. The number of hydrogen-bond acceptors (Lipinski definition) is 5. The molecular formula is C26H18Br2Cl2N2O4S. The fourth-order valence-corrected chi connectivity index (χ4v) is 6.26. The molecule has 0 aromatic heterocycles. The maximum Gasteiger partial charge on any atom is 0.335 e. The predicted octanol–water partition coefficient (Wildman–Crippen LogP) is 8.42. The summed E-state index contributed by atoms with van der Waals surface area (Å²) < 4.78 is 7.39. The van der Waals surface area contributed by atoms with Crippen molar-refractivity contribution in [2.45, 2.75) is 13.5 Å². The summed E-state index contributed by atoms with van der Waals surface area (Å²) in [6, 6.07) is 15.3. The van der Waals surface area contributed by atoms with Crippen LogP contribution in [0, 0.1) is 0 Å². The predicted molar refractivity (Wildman–Crippen MR) is 156 cm³/mol. The number of likely N-dealkylation sites (N-methyl/N-ethyl adjacent to an activating group) is 1. The number of thioether (sulfide) groups is 1. The molecule has 4 rings (SSSR count). The highest BCUT2D eigenvalue weighted by Crippen LogP contribution is 2.39. The molecule has 3 aromatic carbocycles. The van der Waals surface area contributed by atoms with Gasteiger partial charge in [0.15, 0.2) is 5.17 Å². The number of aliphatic imine (C=N–C) groups is 1. The summed E-state index contributed by atoms with van der Waals surface area (Å²) in [7, 11) is 0. The highest BCUT2D eigenvalue weighted by Gasteiger charge is 2.32. The first-order valence-electron chi connectivity index (χ1n) is 10.9. The zero-order valence-electron chi connectivity index (χ0n) is 19.2. The van der Waals surface area contributed by atoms with Gasteiger partial charge in [-0.25, -0.2) is 9.79 Å². The normalized spacial score (nSPS) is 15.6.